The van der Waals surface area contributed by atoms with Gasteiger partial charge in [-0.25, -0.2) is 8.42 Å². The molecule has 1 aliphatic heterocycles. The Kier molecular flexibility index (Phi) is 7.94. The van der Waals surface area contributed by atoms with E-state index in [-0.39, 0.29) is 10.8 Å². The number of hydrogen-bond acceptors (Lipinski definition) is 7. The third-order valence-corrected chi connectivity index (χ3v) is 6.57. The number of rotatable bonds is 10. The van der Waals surface area contributed by atoms with E-state index in [2.05, 4.69) is 15.0 Å². The van der Waals surface area contributed by atoms with Gasteiger partial charge in [-0.05, 0) is 42.7 Å². The minimum absolute atomic E-state index is 0.0298. The molecular weight excluding hydrogens is 426 g/mol. The van der Waals surface area contributed by atoms with Gasteiger partial charge in [0, 0.05) is 30.9 Å². The fraction of sp³-hybridized carbons (Fsp3) is 0.400. The Bertz CT molecular complexity index is 954. The number of sulfonamides is 1. The first kappa shape index (κ1) is 22.4. The average molecular weight is 452 g/mol. The van der Waals surface area contributed by atoms with Gasteiger partial charge >= 0.3 is 0 Å². The Labute approximate surface area is 180 Å². The first-order valence-corrected chi connectivity index (χ1v) is 12.5. The van der Waals surface area contributed by atoms with Crippen molar-refractivity contribution >= 4 is 27.7 Å². The minimum atomic E-state index is -3.91. The molecule has 162 valence electrons. The lowest BCUT2D eigenvalue weighted by molar-refractivity contribution is -0.122. The summed E-state index contributed by atoms with van der Waals surface area (Å²) in [5.74, 6) is 1.17. The van der Waals surface area contributed by atoms with Crippen LogP contribution in [-0.2, 0) is 21.2 Å². The topological polar surface area (TPSA) is 107 Å². The third-order valence-electron chi connectivity index (χ3n) is 4.46. The molecule has 0 unspecified atom stereocenters. The van der Waals surface area contributed by atoms with E-state index in [9.17, 15) is 13.2 Å². The second kappa shape index (κ2) is 10.6. The molecule has 3 rings (SSSR count). The summed E-state index contributed by atoms with van der Waals surface area (Å²) in [6.45, 7) is 1.16. The zero-order valence-corrected chi connectivity index (χ0v) is 18.3. The van der Waals surface area contributed by atoms with Gasteiger partial charge < -0.3 is 14.8 Å². The Morgan fingerprint density at radius 3 is 2.73 bits per heavy atom. The molecule has 2 N–H and O–H groups in total. The molecule has 2 aromatic rings. The van der Waals surface area contributed by atoms with Crippen LogP contribution in [0.15, 0.2) is 47.5 Å². The van der Waals surface area contributed by atoms with Gasteiger partial charge in [-0.15, -0.1) is 0 Å². The predicted molar refractivity (Wildman–Crippen MR) is 115 cm³/mol. The molecular formula is C20H25N3O5S2. The normalized spacial score (nSPS) is 14.2. The SMILES string of the molecule is CSCC[C@@H](NS(=O)(=O)c1ccc2c(c1)OCCO2)C(=O)NCCc1ccccn1. The van der Waals surface area contributed by atoms with Gasteiger partial charge in [0.15, 0.2) is 11.5 Å². The van der Waals surface area contributed by atoms with Crippen molar-refractivity contribution in [1.82, 2.24) is 15.0 Å². The van der Waals surface area contributed by atoms with Gasteiger partial charge in [-0.1, -0.05) is 6.07 Å². The molecule has 1 aliphatic rings. The van der Waals surface area contributed by atoms with Crippen molar-refractivity contribution in [2.24, 2.45) is 0 Å². The van der Waals surface area contributed by atoms with E-state index < -0.39 is 16.1 Å². The van der Waals surface area contributed by atoms with E-state index >= 15 is 0 Å². The maximum absolute atomic E-state index is 12.9. The molecule has 1 aromatic heterocycles. The Hall–Kier alpha value is -2.30. The van der Waals surface area contributed by atoms with Crippen LogP contribution in [-0.4, -0.2) is 57.1 Å². The first-order chi connectivity index (χ1) is 14.5. The molecule has 0 radical (unpaired) electrons. The maximum atomic E-state index is 12.9. The molecule has 8 nitrogen and oxygen atoms in total. The number of pyridine rings is 1. The lowest BCUT2D eigenvalue weighted by atomic mass is 10.2. The van der Waals surface area contributed by atoms with Crippen molar-refractivity contribution in [3.05, 3.63) is 48.3 Å². The molecule has 0 saturated carbocycles. The van der Waals surface area contributed by atoms with E-state index in [1.165, 1.54) is 12.1 Å². The van der Waals surface area contributed by atoms with Crippen LogP contribution in [0.25, 0.3) is 0 Å². The number of benzene rings is 1. The van der Waals surface area contributed by atoms with Crippen molar-refractivity contribution in [2.45, 2.75) is 23.8 Å². The van der Waals surface area contributed by atoms with E-state index in [4.69, 9.17) is 9.47 Å². The minimum Gasteiger partial charge on any atom is -0.486 e. The quantitative estimate of drug-likeness (QED) is 0.565. The number of carbonyl (C=O) groups is 1. The van der Waals surface area contributed by atoms with Gasteiger partial charge in [0.2, 0.25) is 15.9 Å². The number of fused-ring (bicyclic) bond motifs is 1. The van der Waals surface area contributed by atoms with Crippen molar-refractivity contribution in [3.63, 3.8) is 0 Å². The second-order valence-corrected chi connectivity index (χ2v) is 9.32. The fourth-order valence-electron chi connectivity index (χ4n) is 2.91. The van der Waals surface area contributed by atoms with E-state index in [1.807, 2.05) is 24.5 Å². The molecule has 0 fully saturated rings. The van der Waals surface area contributed by atoms with Gasteiger partial charge in [-0.3, -0.25) is 9.78 Å². The number of nitrogens with one attached hydrogen (secondary N) is 2. The molecule has 0 bridgehead atoms. The number of aromatic nitrogens is 1. The molecule has 30 heavy (non-hydrogen) atoms. The first-order valence-electron chi connectivity index (χ1n) is 9.58. The summed E-state index contributed by atoms with van der Waals surface area (Å²) in [4.78, 5) is 16.9. The van der Waals surface area contributed by atoms with Gasteiger partial charge in [0.05, 0.1) is 4.90 Å². The molecule has 10 heteroatoms. The molecule has 0 saturated heterocycles. The van der Waals surface area contributed by atoms with E-state index in [0.29, 0.717) is 49.9 Å². The molecule has 1 amide bonds. The van der Waals surface area contributed by atoms with Crippen LogP contribution >= 0.6 is 11.8 Å². The largest absolute Gasteiger partial charge is 0.486 e. The van der Waals surface area contributed by atoms with Crippen molar-refractivity contribution < 1.29 is 22.7 Å². The third kappa shape index (κ3) is 6.10. The Balaban J connectivity index is 1.65. The van der Waals surface area contributed by atoms with Crippen molar-refractivity contribution in [1.29, 1.82) is 0 Å². The predicted octanol–water partition coefficient (Wildman–Crippen LogP) is 1.61. The maximum Gasteiger partial charge on any atom is 0.241 e. The monoisotopic (exact) mass is 451 g/mol. The summed E-state index contributed by atoms with van der Waals surface area (Å²) in [6.07, 6.45) is 4.54. The summed E-state index contributed by atoms with van der Waals surface area (Å²) in [7, 11) is -3.91. The van der Waals surface area contributed by atoms with Crippen LogP contribution < -0.4 is 19.5 Å². The summed E-state index contributed by atoms with van der Waals surface area (Å²) in [5, 5.41) is 2.80. The van der Waals surface area contributed by atoms with Crippen LogP contribution in [0.5, 0.6) is 11.5 Å². The number of nitrogens with zero attached hydrogens (tertiary/aromatic N) is 1. The highest BCUT2D eigenvalue weighted by atomic mass is 32.2. The molecule has 1 aromatic carbocycles. The van der Waals surface area contributed by atoms with Crippen LogP contribution in [0.3, 0.4) is 0 Å². The number of carbonyl (C=O) groups excluding carboxylic acids is 1. The molecule has 0 aliphatic carbocycles. The smallest absolute Gasteiger partial charge is 0.241 e. The van der Waals surface area contributed by atoms with Crippen LogP contribution in [0.4, 0.5) is 0 Å². The lowest BCUT2D eigenvalue weighted by Gasteiger charge is -2.21. The van der Waals surface area contributed by atoms with Gasteiger partial charge in [-0.2, -0.15) is 16.5 Å². The highest BCUT2D eigenvalue weighted by Crippen LogP contribution is 2.32. The highest BCUT2D eigenvalue weighted by Gasteiger charge is 2.26. The van der Waals surface area contributed by atoms with Crippen LogP contribution in [0, 0.1) is 0 Å². The average Bonchev–Trinajstić information content (AvgIpc) is 2.77. The molecule has 1 atom stereocenters. The lowest BCUT2D eigenvalue weighted by Crippen LogP contribution is -2.47. The number of hydrogen-bond donors (Lipinski definition) is 2. The second-order valence-electron chi connectivity index (χ2n) is 6.62. The van der Waals surface area contributed by atoms with E-state index in [0.717, 1.165) is 5.69 Å². The van der Waals surface area contributed by atoms with Crippen LogP contribution in [0.2, 0.25) is 0 Å². The Morgan fingerprint density at radius 2 is 2.00 bits per heavy atom. The van der Waals surface area contributed by atoms with Gasteiger partial charge in [0.25, 0.3) is 0 Å². The molecule has 2 heterocycles. The summed E-state index contributed by atoms with van der Waals surface area (Å²) < 4.78 is 39.2. The van der Waals surface area contributed by atoms with Crippen LogP contribution in [0.1, 0.15) is 12.1 Å². The summed E-state index contributed by atoms with van der Waals surface area (Å²) in [6, 6.07) is 9.14. The zero-order chi connectivity index (χ0) is 21.4. The van der Waals surface area contributed by atoms with Crippen molar-refractivity contribution in [3.8, 4) is 11.5 Å². The number of amides is 1. The zero-order valence-electron chi connectivity index (χ0n) is 16.7. The number of thioether (sulfide) groups is 1. The Morgan fingerprint density at radius 1 is 1.20 bits per heavy atom. The van der Waals surface area contributed by atoms with E-state index in [1.54, 1.807) is 24.0 Å². The van der Waals surface area contributed by atoms with Crippen molar-refractivity contribution in [2.75, 3.05) is 31.8 Å². The fourth-order valence-corrected chi connectivity index (χ4v) is 4.62. The summed E-state index contributed by atoms with van der Waals surface area (Å²) in [5.41, 5.74) is 0.857. The molecule has 0 spiro atoms. The number of ether oxygens (including phenoxy) is 2. The van der Waals surface area contributed by atoms with Gasteiger partial charge in [0.1, 0.15) is 19.3 Å². The highest BCUT2D eigenvalue weighted by molar-refractivity contribution is 7.98. The summed E-state index contributed by atoms with van der Waals surface area (Å²) >= 11 is 1.55. The standard InChI is InChI=1S/C20H25N3O5S2/c1-29-13-8-17(20(24)22-10-7-15-4-2-3-9-21-15)23-30(25,26)16-5-6-18-19(14-16)28-12-11-27-18/h2-6,9,14,17,23H,7-8,10-13H2,1H3,(H,22,24)/t17-/m1/s1.